The van der Waals surface area contributed by atoms with E-state index in [4.69, 9.17) is 10.2 Å². The Kier molecular flexibility index (Phi) is 3.16. The third-order valence-electron chi connectivity index (χ3n) is 3.11. The van der Waals surface area contributed by atoms with Gasteiger partial charge in [0.15, 0.2) is 0 Å². The summed E-state index contributed by atoms with van der Waals surface area (Å²) in [6, 6.07) is 4.57. The number of aryl methyl sites for hydroxylation is 3. The van der Waals surface area contributed by atoms with Crippen molar-refractivity contribution in [1.29, 1.82) is 0 Å². The summed E-state index contributed by atoms with van der Waals surface area (Å²) in [4.78, 5) is 4.36. The van der Waals surface area contributed by atoms with Crippen molar-refractivity contribution in [2.45, 2.75) is 40.5 Å². The van der Waals surface area contributed by atoms with E-state index in [0.29, 0.717) is 0 Å². The summed E-state index contributed by atoms with van der Waals surface area (Å²) in [5.41, 5.74) is 11.4. The predicted octanol–water partition coefficient (Wildman–Crippen LogP) is 3.97. The van der Waals surface area contributed by atoms with Gasteiger partial charge in [-0.15, -0.1) is 0 Å². The smallest absolute Gasteiger partial charge is 0.292 e. The Morgan fingerprint density at radius 3 is 2.17 bits per heavy atom. The van der Waals surface area contributed by atoms with Crippen molar-refractivity contribution in [2.24, 2.45) is 0 Å². The summed E-state index contributed by atoms with van der Waals surface area (Å²) in [6.45, 7) is 10.5. The largest absolute Gasteiger partial charge is 0.428 e. The number of anilines is 1. The number of benzene rings is 1. The van der Waals surface area contributed by atoms with E-state index >= 15 is 0 Å². The van der Waals surface area contributed by atoms with Gasteiger partial charge in [-0.3, -0.25) is 0 Å². The Balaban J connectivity index is 2.69. The Bertz CT molecular complexity index is 559. The van der Waals surface area contributed by atoms with E-state index in [2.05, 4.69) is 51.7 Å². The number of hydrogen-bond acceptors (Lipinski definition) is 3. The highest BCUT2D eigenvalue weighted by molar-refractivity contribution is 5.71. The van der Waals surface area contributed by atoms with E-state index in [9.17, 15) is 0 Å². The minimum Gasteiger partial charge on any atom is -0.428 e. The van der Waals surface area contributed by atoms with E-state index < -0.39 is 0 Å². The Labute approximate surface area is 108 Å². The van der Waals surface area contributed by atoms with Gasteiger partial charge in [0.1, 0.15) is 11.5 Å². The zero-order valence-corrected chi connectivity index (χ0v) is 11.7. The van der Waals surface area contributed by atoms with Crippen molar-refractivity contribution >= 4 is 6.01 Å². The summed E-state index contributed by atoms with van der Waals surface area (Å²) in [5.74, 6) is 1.13. The molecule has 2 N–H and O–H groups in total. The standard InChI is InChI=1S/C15H20N2O/c1-8(2)14-13(17-15(16)18-14)12-10(4)6-9(3)7-11(12)5/h6-8H,1-5H3,(H2,16,17). The van der Waals surface area contributed by atoms with Crippen LogP contribution in [0.25, 0.3) is 11.3 Å². The van der Waals surface area contributed by atoms with Gasteiger partial charge < -0.3 is 10.2 Å². The summed E-state index contributed by atoms with van der Waals surface area (Å²) in [5, 5.41) is 0. The number of rotatable bonds is 2. The minimum absolute atomic E-state index is 0.244. The third kappa shape index (κ3) is 2.13. The number of nitrogens with two attached hydrogens (primary N) is 1. The monoisotopic (exact) mass is 244 g/mol. The van der Waals surface area contributed by atoms with Crippen LogP contribution in [0.2, 0.25) is 0 Å². The van der Waals surface area contributed by atoms with Crippen molar-refractivity contribution in [2.75, 3.05) is 5.73 Å². The van der Waals surface area contributed by atoms with Crippen LogP contribution in [-0.4, -0.2) is 4.98 Å². The third-order valence-corrected chi connectivity index (χ3v) is 3.11. The number of nitrogen functional groups attached to an aromatic ring is 1. The topological polar surface area (TPSA) is 52.0 Å². The summed E-state index contributed by atoms with van der Waals surface area (Å²) in [7, 11) is 0. The molecule has 1 aromatic heterocycles. The average Bonchev–Trinajstić information content (AvgIpc) is 2.58. The van der Waals surface area contributed by atoms with E-state index in [1.54, 1.807) is 0 Å². The maximum Gasteiger partial charge on any atom is 0.292 e. The van der Waals surface area contributed by atoms with Crippen molar-refractivity contribution < 1.29 is 4.42 Å². The quantitative estimate of drug-likeness (QED) is 0.869. The molecule has 0 bridgehead atoms. The number of nitrogens with zero attached hydrogens (tertiary/aromatic N) is 1. The van der Waals surface area contributed by atoms with E-state index in [0.717, 1.165) is 17.0 Å². The molecule has 0 radical (unpaired) electrons. The van der Waals surface area contributed by atoms with Crippen LogP contribution in [-0.2, 0) is 0 Å². The van der Waals surface area contributed by atoms with Gasteiger partial charge >= 0.3 is 0 Å². The maximum absolute atomic E-state index is 5.71. The lowest BCUT2D eigenvalue weighted by Gasteiger charge is -2.11. The lowest BCUT2D eigenvalue weighted by atomic mass is 9.94. The van der Waals surface area contributed by atoms with Crippen LogP contribution in [0.3, 0.4) is 0 Å². The fraction of sp³-hybridized carbons (Fsp3) is 0.400. The van der Waals surface area contributed by atoms with Gasteiger partial charge in [-0.2, -0.15) is 4.98 Å². The summed E-state index contributed by atoms with van der Waals surface area (Å²) < 4.78 is 5.54. The van der Waals surface area contributed by atoms with Gasteiger partial charge in [-0.05, 0) is 31.9 Å². The van der Waals surface area contributed by atoms with Crippen molar-refractivity contribution in [3.05, 3.63) is 34.6 Å². The Morgan fingerprint density at radius 2 is 1.67 bits per heavy atom. The molecule has 0 unspecified atom stereocenters. The molecule has 0 saturated carbocycles. The molecule has 96 valence electrons. The summed E-state index contributed by atoms with van der Waals surface area (Å²) in [6.07, 6.45) is 0. The van der Waals surface area contributed by atoms with Gasteiger partial charge in [0.05, 0.1) is 0 Å². The first kappa shape index (κ1) is 12.7. The first-order valence-corrected chi connectivity index (χ1v) is 6.24. The second-order valence-electron chi connectivity index (χ2n) is 5.19. The van der Waals surface area contributed by atoms with E-state index in [-0.39, 0.29) is 11.9 Å². The normalized spacial score (nSPS) is 11.2. The molecule has 18 heavy (non-hydrogen) atoms. The van der Waals surface area contributed by atoms with Crippen LogP contribution < -0.4 is 5.73 Å². The van der Waals surface area contributed by atoms with Gasteiger partial charge in [0, 0.05) is 11.5 Å². The lowest BCUT2D eigenvalue weighted by molar-refractivity contribution is 0.500. The fourth-order valence-electron chi connectivity index (χ4n) is 2.47. The van der Waals surface area contributed by atoms with Gasteiger partial charge in [0.25, 0.3) is 6.01 Å². The molecule has 0 atom stereocenters. The van der Waals surface area contributed by atoms with Crippen LogP contribution in [0.4, 0.5) is 6.01 Å². The van der Waals surface area contributed by atoms with Crippen LogP contribution >= 0.6 is 0 Å². The van der Waals surface area contributed by atoms with Crippen LogP contribution in [0.5, 0.6) is 0 Å². The first-order chi connectivity index (χ1) is 8.40. The summed E-state index contributed by atoms with van der Waals surface area (Å²) >= 11 is 0. The molecular formula is C15H20N2O. The number of aromatic nitrogens is 1. The molecule has 0 aliphatic heterocycles. The van der Waals surface area contributed by atoms with Crippen LogP contribution in [0.15, 0.2) is 16.5 Å². The second kappa shape index (κ2) is 4.48. The molecule has 0 aliphatic rings. The Morgan fingerprint density at radius 1 is 1.11 bits per heavy atom. The maximum atomic E-state index is 5.71. The fourth-order valence-corrected chi connectivity index (χ4v) is 2.47. The number of oxazole rings is 1. The lowest BCUT2D eigenvalue weighted by Crippen LogP contribution is -1.95. The molecule has 0 aliphatic carbocycles. The molecule has 2 aromatic rings. The molecule has 3 heteroatoms. The molecule has 0 fully saturated rings. The molecule has 1 heterocycles. The molecule has 1 aromatic carbocycles. The molecular weight excluding hydrogens is 224 g/mol. The second-order valence-corrected chi connectivity index (χ2v) is 5.19. The van der Waals surface area contributed by atoms with E-state index in [1.165, 1.54) is 16.7 Å². The van der Waals surface area contributed by atoms with Gasteiger partial charge in [0.2, 0.25) is 0 Å². The zero-order valence-electron chi connectivity index (χ0n) is 11.7. The van der Waals surface area contributed by atoms with Crippen molar-refractivity contribution in [3.63, 3.8) is 0 Å². The number of hydrogen-bond donors (Lipinski definition) is 1. The molecule has 0 saturated heterocycles. The molecule has 0 amide bonds. The average molecular weight is 244 g/mol. The van der Waals surface area contributed by atoms with Gasteiger partial charge in [-0.1, -0.05) is 31.5 Å². The Hall–Kier alpha value is -1.77. The molecule has 2 rings (SSSR count). The van der Waals surface area contributed by atoms with Crippen LogP contribution in [0.1, 0.15) is 42.2 Å². The highest BCUT2D eigenvalue weighted by Crippen LogP contribution is 2.34. The highest BCUT2D eigenvalue weighted by Gasteiger charge is 2.19. The van der Waals surface area contributed by atoms with Crippen LogP contribution in [0, 0.1) is 20.8 Å². The van der Waals surface area contributed by atoms with Gasteiger partial charge in [-0.25, -0.2) is 0 Å². The minimum atomic E-state index is 0.244. The predicted molar refractivity (Wildman–Crippen MR) is 74.7 cm³/mol. The van der Waals surface area contributed by atoms with E-state index in [1.807, 2.05) is 0 Å². The molecule has 3 nitrogen and oxygen atoms in total. The SMILES string of the molecule is Cc1cc(C)c(-c2nc(N)oc2C(C)C)c(C)c1. The zero-order chi connectivity index (χ0) is 13.4. The first-order valence-electron chi connectivity index (χ1n) is 6.24. The molecule has 0 spiro atoms. The van der Waals surface area contributed by atoms with Crippen molar-refractivity contribution in [1.82, 2.24) is 4.98 Å². The van der Waals surface area contributed by atoms with Crippen molar-refractivity contribution in [3.8, 4) is 11.3 Å². The highest BCUT2D eigenvalue weighted by atomic mass is 16.4.